The van der Waals surface area contributed by atoms with Crippen molar-refractivity contribution in [2.45, 2.75) is 12.3 Å². The van der Waals surface area contributed by atoms with Gasteiger partial charge in [-0.05, 0) is 12.1 Å². The normalized spacial score (nSPS) is 14.9. The fraction of sp³-hybridized carbons (Fsp3) is 0.333. The second-order valence-electron chi connectivity index (χ2n) is 1.96. The van der Waals surface area contributed by atoms with Gasteiger partial charge in [-0.2, -0.15) is 13.2 Å². The zero-order valence-corrected chi connectivity index (χ0v) is 5.30. The number of aliphatic hydroxyl groups excluding tert-OH is 1. The molecule has 0 spiro atoms. The molecule has 1 aromatic heterocycles. The molecule has 0 unspecified atom stereocenters. The summed E-state index contributed by atoms with van der Waals surface area (Å²) < 4.78 is 39.5. The van der Waals surface area contributed by atoms with Gasteiger partial charge in [0.05, 0.1) is 6.26 Å². The van der Waals surface area contributed by atoms with Crippen molar-refractivity contribution in [1.82, 2.24) is 0 Å². The average Bonchev–Trinajstić information content (AvgIpc) is 2.34. The van der Waals surface area contributed by atoms with Crippen LogP contribution in [0.5, 0.6) is 0 Å². The van der Waals surface area contributed by atoms with E-state index in [1.54, 1.807) is 0 Å². The quantitative estimate of drug-likeness (QED) is 0.690. The fourth-order valence-electron chi connectivity index (χ4n) is 0.608. The van der Waals surface area contributed by atoms with Crippen molar-refractivity contribution in [2.24, 2.45) is 0 Å². The van der Waals surface area contributed by atoms with Crippen LogP contribution in [0, 0.1) is 0 Å². The maximum Gasteiger partial charge on any atom is 0.421 e. The Labute approximate surface area is 60.2 Å². The van der Waals surface area contributed by atoms with Crippen LogP contribution in [0.1, 0.15) is 11.9 Å². The van der Waals surface area contributed by atoms with E-state index in [0.717, 1.165) is 12.3 Å². The first-order valence-corrected chi connectivity index (χ1v) is 2.80. The Bertz CT molecular complexity index is 214. The van der Waals surface area contributed by atoms with Crippen molar-refractivity contribution in [3.8, 4) is 0 Å². The number of halogens is 3. The lowest BCUT2D eigenvalue weighted by atomic mass is 10.3. The Morgan fingerprint density at radius 2 is 2.09 bits per heavy atom. The maximum atomic E-state index is 11.7. The molecule has 2 nitrogen and oxygen atoms in total. The van der Waals surface area contributed by atoms with Crippen LogP contribution in [0.4, 0.5) is 13.2 Å². The van der Waals surface area contributed by atoms with Gasteiger partial charge in [0, 0.05) is 0 Å². The van der Waals surface area contributed by atoms with Crippen LogP contribution in [0.3, 0.4) is 0 Å². The minimum atomic E-state index is -4.65. The van der Waals surface area contributed by atoms with Gasteiger partial charge in [0.1, 0.15) is 5.76 Å². The third kappa shape index (κ3) is 1.74. The molecule has 0 aliphatic heterocycles. The van der Waals surface area contributed by atoms with E-state index < -0.39 is 18.0 Å². The predicted octanol–water partition coefficient (Wildman–Crippen LogP) is 1.88. The van der Waals surface area contributed by atoms with E-state index in [2.05, 4.69) is 4.42 Å². The second kappa shape index (κ2) is 2.58. The molecule has 0 amide bonds. The zero-order chi connectivity index (χ0) is 8.48. The van der Waals surface area contributed by atoms with Crippen LogP contribution in [0.25, 0.3) is 0 Å². The maximum absolute atomic E-state index is 11.7. The molecule has 0 aliphatic carbocycles. The van der Waals surface area contributed by atoms with Gasteiger partial charge >= 0.3 is 6.18 Å². The highest BCUT2D eigenvalue weighted by Gasteiger charge is 2.41. The van der Waals surface area contributed by atoms with Gasteiger partial charge in [-0.25, -0.2) is 0 Å². The minimum Gasteiger partial charge on any atom is -0.466 e. The van der Waals surface area contributed by atoms with E-state index in [0.29, 0.717) is 0 Å². The number of hydrogen-bond acceptors (Lipinski definition) is 2. The lowest BCUT2D eigenvalue weighted by Gasteiger charge is -2.10. The Hall–Kier alpha value is -0.970. The number of rotatable bonds is 1. The summed E-state index contributed by atoms with van der Waals surface area (Å²) >= 11 is 0. The molecule has 0 radical (unpaired) electrons. The largest absolute Gasteiger partial charge is 0.466 e. The SMILES string of the molecule is O[C@@H](c1ccco1)C(F)(F)F. The molecular weight excluding hydrogens is 161 g/mol. The van der Waals surface area contributed by atoms with Gasteiger partial charge in [0.2, 0.25) is 6.10 Å². The van der Waals surface area contributed by atoms with Crippen molar-refractivity contribution >= 4 is 0 Å². The highest BCUT2D eigenvalue weighted by Crippen LogP contribution is 2.32. The summed E-state index contributed by atoms with van der Waals surface area (Å²) in [7, 11) is 0. The van der Waals surface area contributed by atoms with Gasteiger partial charge in [-0.1, -0.05) is 0 Å². The van der Waals surface area contributed by atoms with Crippen LogP contribution in [-0.4, -0.2) is 11.3 Å². The number of furan rings is 1. The second-order valence-corrected chi connectivity index (χ2v) is 1.96. The highest BCUT2D eigenvalue weighted by molar-refractivity contribution is 5.03. The van der Waals surface area contributed by atoms with Gasteiger partial charge in [-0.15, -0.1) is 0 Å². The van der Waals surface area contributed by atoms with E-state index in [1.807, 2.05) is 0 Å². The van der Waals surface area contributed by atoms with E-state index >= 15 is 0 Å². The highest BCUT2D eigenvalue weighted by atomic mass is 19.4. The summed E-state index contributed by atoms with van der Waals surface area (Å²) in [5, 5.41) is 8.53. The van der Waals surface area contributed by atoms with E-state index in [-0.39, 0.29) is 0 Å². The number of aliphatic hydroxyl groups is 1. The predicted molar refractivity (Wildman–Crippen MR) is 29.7 cm³/mol. The van der Waals surface area contributed by atoms with E-state index in [9.17, 15) is 13.2 Å². The fourth-order valence-corrected chi connectivity index (χ4v) is 0.608. The van der Waals surface area contributed by atoms with Gasteiger partial charge in [-0.3, -0.25) is 0 Å². The first-order chi connectivity index (χ1) is 5.02. The first kappa shape index (κ1) is 8.13. The van der Waals surface area contributed by atoms with Crippen molar-refractivity contribution < 1.29 is 22.7 Å². The summed E-state index contributed by atoms with van der Waals surface area (Å²) in [6, 6.07) is 2.35. The van der Waals surface area contributed by atoms with Crippen molar-refractivity contribution in [3.05, 3.63) is 24.2 Å². The molecule has 11 heavy (non-hydrogen) atoms. The van der Waals surface area contributed by atoms with Gasteiger partial charge in [0.25, 0.3) is 0 Å². The Balaban J connectivity index is 2.78. The third-order valence-electron chi connectivity index (χ3n) is 1.12. The zero-order valence-electron chi connectivity index (χ0n) is 5.30. The van der Waals surface area contributed by atoms with Crippen LogP contribution >= 0.6 is 0 Å². The molecule has 0 aromatic carbocycles. The molecule has 62 valence electrons. The summed E-state index contributed by atoms with van der Waals surface area (Å²) in [5.41, 5.74) is 0. The van der Waals surface area contributed by atoms with Crippen LogP contribution in [0.15, 0.2) is 22.8 Å². The summed E-state index contributed by atoms with van der Waals surface area (Å²) in [4.78, 5) is 0. The molecule has 0 saturated carbocycles. The standard InChI is InChI=1S/C6H5F3O2/c7-6(8,9)5(10)4-2-1-3-11-4/h1-3,5,10H/t5-/m0/s1. The molecule has 1 N–H and O–H groups in total. The third-order valence-corrected chi connectivity index (χ3v) is 1.12. The topological polar surface area (TPSA) is 33.4 Å². The van der Waals surface area contributed by atoms with E-state index in [1.165, 1.54) is 6.07 Å². The molecule has 1 aromatic rings. The molecule has 0 saturated heterocycles. The molecule has 5 heteroatoms. The number of alkyl halides is 3. The summed E-state index contributed by atoms with van der Waals surface area (Å²) in [6.45, 7) is 0. The minimum absolute atomic E-state index is 0.488. The average molecular weight is 166 g/mol. The van der Waals surface area contributed by atoms with Crippen LogP contribution in [-0.2, 0) is 0 Å². The Morgan fingerprint density at radius 1 is 1.45 bits per heavy atom. The summed E-state index contributed by atoms with van der Waals surface area (Å²) in [5.74, 6) is -0.488. The molecule has 1 atom stereocenters. The lowest BCUT2D eigenvalue weighted by Crippen LogP contribution is -2.19. The van der Waals surface area contributed by atoms with Crippen molar-refractivity contribution in [1.29, 1.82) is 0 Å². The molecule has 0 aliphatic rings. The number of hydrogen-bond donors (Lipinski definition) is 1. The molecule has 1 rings (SSSR count). The smallest absolute Gasteiger partial charge is 0.421 e. The van der Waals surface area contributed by atoms with E-state index in [4.69, 9.17) is 5.11 Å². The molecule has 1 heterocycles. The first-order valence-electron chi connectivity index (χ1n) is 2.80. The molecular formula is C6H5F3O2. The molecule has 0 bridgehead atoms. The Morgan fingerprint density at radius 3 is 2.45 bits per heavy atom. The lowest BCUT2D eigenvalue weighted by molar-refractivity contribution is -0.211. The summed E-state index contributed by atoms with van der Waals surface area (Å²) in [6.07, 6.45) is -6.10. The van der Waals surface area contributed by atoms with Gasteiger partial charge in [0.15, 0.2) is 0 Å². The Kier molecular flexibility index (Phi) is 1.90. The monoisotopic (exact) mass is 166 g/mol. The van der Waals surface area contributed by atoms with Gasteiger partial charge < -0.3 is 9.52 Å². The van der Waals surface area contributed by atoms with Crippen LogP contribution < -0.4 is 0 Å². The molecule has 0 fully saturated rings. The van der Waals surface area contributed by atoms with Crippen molar-refractivity contribution in [2.75, 3.05) is 0 Å². The van der Waals surface area contributed by atoms with Crippen molar-refractivity contribution in [3.63, 3.8) is 0 Å². The van der Waals surface area contributed by atoms with Crippen LogP contribution in [0.2, 0.25) is 0 Å².